The fourth-order valence-electron chi connectivity index (χ4n) is 4.67. The summed E-state index contributed by atoms with van der Waals surface area (Å²) < 4.78 is 0. The van der Waals surface area contributed by atoms with Crippen LogP contribution in [0.4, 0.5) is 0 Å². The van der Waals surface area contributed by atoms with Crippen molar-refractivity contribution in [3.63, 3.8) is 0 Å². The van der Waals surface area contributed by atoms with E-state index in [-0.39, 0.29) is 30.7 Å². The Bertz CT molecular complexity index is 713. The van der Waals surface area contributed by atoms with Gasteiger partial charge in [0.15, 0.2) is 0 Å². The summed E-state index contributed by atoms with van der Waals surface area (Å²) in [4.78, 5) is 41.3. The van der Waals surface area contributed by atoms with E-state index in [4.69, 9.17) is 0 Å². The van der Waals surface area contributed by atoms with Crippen molar-refractivity contribution in [2.24, 2.45) is 5.92 Å². The van der Waals surface area contributed by atoms with Crippen molar-refractivity contribution < 1.29 is 14.4 Å². The van der Waals surface area contributed by atoms with Crippen LogP contribution in [0.3, 0.4) is 0 Å². The maximum atomic E-state index is 13.0. The van der Waals surface area contributed by atoms with E-state index in [9.17, 15) is 14.4 Å². The van der Waals surface area contributed by atoms with Crippen molar-refractivity contribution >= 4 is 17.7 Å². The predicted octanol–water partition coefficient (Wildman–Crippen LogP) is 3.63. The average molecular weight is 368 g/mol. The molecule has 0 unspecified atom stereocenters. The summed E-state index contributed by atoms with van der Waals surface area (Å²) in [5.41, 5.74) is 0.902. The van der Waals surface area contributed by atoms with Crippen molar-refractivity contribution in [3.05, 3.63) is 35.4 Å². The van der Waals surface area contributed by atoms with Crippen LogP contribution in [0, 0.1) is 5.92 Å². The normalized spacial score (nSPS) is 24.9. The van der Waals surface area contributed by atoms with E-state index in [1.807, 2.05) is 0 Å². The lowest BCUT2D eigenvalue weighted by Gasteiger charge is -2.37. The van der Waals surface area contributed by atoms with Gasteiger partial charge < -0.3 is 4.90 Å². The molecular weight excluding hydrogens is 340 g/mol. The van der Waals surface area contributed by atoms with E-state index in [1.165, 1.54) is 24.2 Å². The van der Waals surface area contributed by atoms with E-state index in [1.54, 1.807) is 24.3 Å². The first-order chi connectivity index (χ1) is 13.1. The highest BCUT2D eigenvalue weighted by atomic mass is 16.2. The number of nitrogens with zero attached hydrogens (tertiary/aromatic N) is 2. The van der Waals surface area contributed by atoms with Gasteiger partial charge in [0.25, 0.3) is 11.8 Å². The summed E-state index contributed by atoms with van der Waals surface area (Å²) in [6.07, 6.45) is 8.23. The minimum absolute atomic E-state index is 0.106. The highest BCUT2D eigenvalue weighted by Crippen LogP contribution is 2.36. The van der Waals surface area contributed by atoms with Gasteiger partial charge in [-0.05, 0) is 56.6 Å². The molecule has 0 aromatic heterocycles. The molecule has 2 aliphatic carbocycles. The number of hydrogen-bond acceptors (Lipinski definition) is 3. The second kappa shape index (κ2) is 7.45. The lowest BCUT2D eigenvalue weighted by atomic mass is 9.83. The van der Waals surface area contributed by atoms with Crippen LogP contribution in [-0.2, 0) is 4.79 Å². The zero-order valence-electron chi connectivity index (χ0n) is 16.0. The molecule has 0 radical (unpaired) electrons. The van der Waals surface area contributed by atoms with Crippen molar-refractivity contribution in [2.75, 3.05) is 6.54 Å². The Morgan fingerprint density at radius 3 is 1.96 bits per heavy atom. The van der Waals surface area contributed by atoms with E-state index >= 15 is 0 Å². The molecule has 4 rings (SSSR count). The monoisotopic (exact) mass is 368 g/mol. The maximum absolute atomic E-state index is 13.0. The zero-order valence-corrected chi connectivity index (χ0v) is 16.0. The van der Waals surface area contributed by atoms with E-state index in [0.717, 1.165) is 31.6 Å². The van der Waals surface area contributed by atoms with Crippen molar-refractivity contribution in [2.45, 2.75) is 70.4 Å². The van der Waals surface area contributed by atoms with Crippen LogP contribution in [0.2, 0.25) is 0 Å². The summed E-state index contributed by atoms with van der Waals surface area (Å²) in [6, 6.07) is 7.61. The van der Waals surface area contributed by atoms with Gasteiger partial charge in [-0.15, -0.1) is 0 Å². The fourth-order valence-corrected chi connectivity index (χ4v) is 4.67. The van der Waals surface area contributed by atoms with E-state index in [2.05, 4.69) is 11.8 Å². The molecule has 0 N–H and O–H groups in total. The summed E-state index contributed by atoms with van der Waals surface area (Å²) in [6.45, 7) is 2.43. The lowest BCUT2D eigenvalue weighted by Crippen LogP contribution is -2.45. The number of hydrogen-bond donors (Lipinski definition) is 0. The van der Waals surface area contributed by atoms with Gasteiger partial charge >= 0.3 is 0 Å². The van der Waals surface area contributed by atoms with Gasteiger partial charge in [0, 0.05) is 25.0 Å². The second-order valence-electron chi connectivity index (χ2n) is 8.17. The highest BCUT2D eigenvalue weighted by molar-refractivity contribution is 6.21. The summed E-state index contributed by atoms with van der Waals surface area (Å²) in [5.74, 6) is 0.361. The molecule has 1 aromatic rings. The fraction of sp³-hybridized carbons (Fsp3) is 0.591. The van der Waals surface area contributed by atoms with Crippen LogP contribution >= 0.6 is 0 Å². The lowest BCUT2D eigenvalue weighted by molar-refractivity contribution is -0.135. The first-order valence-electron chi connectivity index (χ1n) is 10.4. The molecule has 1 heterocycles. The standard InChI is InChI=1S/C22H28N2O3/c1-2-15-7-9-16(10-8-15)24(17-11-12-17)20(25)13-14-23-21(26)18-5-3-4-6-19(18)22(23)27/h3-6,15-17H,2,7-14H2,1H3. The number of rotatable bonds is 6. The number of amides is 3. The number of carbonyl (C=O) groups is 3. The molecule has 27 heavy (non-hydrogen) atoms. The topological polar surface area (TPSA) is 57.7 Å². The maximum Gasteiger partial charge on any atom is 0.261 e. The Balaban J connectivity index is 1.38. The SMILES string of the molecule is CCC1CCC(N(C(=O)CCN2C(=O)c3ccccc3C2=O)C2CC2)CC1. The molecular formula is C22H28N2O3. The molecule has 5 nitrogen and oxygen atoms in total. The average Bonchev–Trinajstić information content (AvgIpc) is 3.49. The summed E-state index contributed by atoms with van der Waals surface area (Å²) in [5, 5.41) is 0. The van der Waals surface area contributed by atoms with Gasteiger partial charge in [-0.25, -0.2) is 0 Å². The summed E-state index contributed by atoms with van der Waals surface area (Å²) >= 11 is 0. The number of fused-ring (bicyclic) bond motifs is 1. The quantitative estimate of drug-likeness (QED) is 0.721. The third-order valence-corrected chi connectivity index (χ3v) is 6.44. The molecule has 0 atom stereocenters. The van der Waals surface area contributed by atoms with Gasteiger partial charge in [-0.1, -0.05) is 25.5 Å². The Labute approximate surface area is 160 Å². The predicted molar refractivity (Wildman–Crippen MR) is 102 cm³/mol. The molecule has 5 heteroatoms. The third kappa shape index (κ3) is 3.52. The zero-order chi connectivity index (χ0) is 19.0. The minimum Gasteiger partial charge on any atom is -0.337 e. The van der Waals surface area contributed by atoms with Crippen LogP contribution in [0.15, 0.2) is 24.3 Å². The van der Waals surface area contributed by atoms with Gasteiger partial charge in [0.05, 0.1) is 11.1 Å². The molecule has 0 spiro atoms. The molecule has 144 valence electrons. The van der Waals surface area contributed by atoms with Gasteiger partial charge in [0.2, 0.25) is 5.91 Å². The molecule has 2 fully saturated rings. The van der Waals surface area contributed by atoms with Gasteiger partial charge in [-0.3, -0.25) is 19.3 Å². The first kappa shape index (κ1) is 18.2. The molecule has 1 aromatic carbocycles. The second-order valence-corrected chi connectivity index (χ2v) is 8.17. The summed E-state index contributed by atoms with van der Waals surface area (Å²) in [7, 11) is 0. The third-order valence-electron chi connectivity index (χ3n) is 6.44. The smallest absolute Gasteiger partial charge is 0.261 e. The molecule has 3 amide bonds. The van der Waals surface area contributed by atoms with E-state index in [0.29, 0.717) is 23.2 Å². The largest absolute Gasteiger partial charge is 0.337 e. The first-order valence-corrected chi connectivity index (χ1v) is 10.4. The minimum atomic E-state index is -0.273. The molecule has 1 aliphatic heterocycles. The Hall–Kier alpha value is -2.17. The van der Waals surface area contributed by atoms with Gasteiger partial charge in [-0.2, -0.15) is 0 Å². The van der Waals surface area contributed by atoms with Crippen molar-refractivity contribution in [1.82, 2.24) is 9.80 Å². The van der Waals surface area contributed by atoms with Crippen LogP contribution in [0.1, 0.15) is 79.0 Å². The molecule has 2 saturated carbocycles. The number of carbonyl (C=O) groups excluding carboxylic acids is 3. The number of benzene rings is 1. The molecule has 0 bridgehead atoms. The van der Waals surface area contributed by atoms with Crippen LogP contribution in [0.25, 0.3) is 0 Å². The Morgan fingerprint density at radius 1 is 0.963 bits per heavy atom. The van der Waals surface area contributed by atoms with Crippen LogP contribution in [0.5, 0.6) is 0 Å². The Morgan fingerprint density at radius 2 is 1.48 bits per heavy atom. The van der Waals surface area contributed by atoms with Crippen molar-refractivity contribution in [3.8, 4) is 0 Å². The van der Waals surface area contributed by atoms with Crippen LogP contribution in [-0.4, -0.2) is 46.1 Å². The molecule has 0 saturated heterocycles. The van der Waals surface area contributed by atoms with Crippen LogP contribution < -0.4 is 0 Å². The van der Waals surface area contributed by atoms with Gasteiger partial charge in [0.1, 0.15) is 0 Å². The van der Waals surface area contributed by atoms with Crippen molar-refractivity contribution in [1.29, 1.82) is 0 Å². The molecule has 3 aliphatic rings. The number of imide groups is 1. The Kier molecular flexibility index (Phi) is 5.02. The highest BCUT2D eigenvalue weighted by Gasteiger charge is 2.40. The van der Waals surface area contributed by atoms with E-state index < -0.39 is 0 Å².